The minimum absolute atomic E-state index is 0.0303. The number of fused-ring (bicyclic) bond motifs is 1. The van der Waals surface area contributed by atoms with Crippen molar-refractivity contribution in [3.63, 3.8) is 0 Å². The summed E-state index contributed by atoms with van der Waals surface area (Å²) in [5.74, 6) is -0.826. The molecule has 4 aromatic rings. The fourth-order valence-corrected chi connectivity index (χ4v) is 3.62. The Morgan fingerprint density at radius 3 is 2.47 bits per heavy atom. The molecule has 6 heteroatoms. The van der Waals surface area contributed by atoms with Gasteiger partial charge in [0.15, 0.2) is 0 Å². The normalized spacial score (nSPS) is 10.9. The molecule has 0 atom stereocenters. The predicted octanol–water partition coefficient (Wildman–Crippen LogP) is 5.18. The van der Waals surface area contributed by atoms with Gasteiger partial charge in [-0.2, -0.15) is 0 Å². The zero-order valence-electron chi connectivity index (χ0n) is 17.8. The van der Waals surface area contributed by atoms with Crippen LogP contribution in [0.15, 0.2) is 77.7 Å². The number of pyridine rings is 2. The van der Waals surface area contributed by atoms with Crippen molar-refractivity contribution in [2.24, 2.45) is 0 Å². The molecular weight excluding hydrogens is 405 g/mol. The van der Waals surface area contributed by atoms with Gasteiger partial charge in [-0.05, 0) is 66.4 Å². The van der Waals surface area contributed by atoms with Crippen molar-refractivity contribution >= 4 is 22.6 Å². The van der Waals surface area contributed by atoms with Crippen molar-refractivity contribution in [3.8, 4) is 0 Å². The van der Waals surface area contributed by atoms with Gasteiger partial charge < -0.3 is 5.32 Å². The van der Waals surface area contributed by atoms with E-state index in [1.807, 2.05) is 30.3 Å². The SMILES string of the molecule is CCCCc1ccc(NC(=O)c2cc3cccnc3n(Cc3ccc(F)cc3)c2=O)cc1. The van der Waals surface area contributed by atoms with Crippen molar-refractivity contribution < 1.29 is 9.18 Å². The molecule has 4 rings (SSSR count). The molecule has 1 N–H and O–H groups in total. The number of hydrogen-bond donors (Lipinski definition) is 1. The zero-order valence-corrected chi connectivity index (χ0v) is 17.8. The van der Waals surface area contributed by atoms with Gasteiger partial charge in [0.05, 0.1) is 6.54 Å². The number of unbranched alkanes of at least 4 members (excludes halogenated alkanes) is 1. The van der Waals surface area contributed by atoms with Gasteiger partial charge in [-0.25, -0.2) is 9.37 Å². The van der Waals surface area contributed by atoms with Crippen LogP contribution in [0.1, 0.15) is 41.3 Å². The lowest BCUT2D eigenvalue weighted by Crippen LogP contribution is -2.30. The molecule has 2 aromatic carbocycles. The van der Waals surface area contributed by atoms with Crippen LogP contribution < -0.4 is 10.9 Å². The lowest BCUT2D eigenvalue weighted by atomic mass is 10.1. The topological polar surface area (TPSA) is 64.0 Å². The maximum atomic E-state index is 13.3. The molecule has 0 unspecified atom stereocenters. The molecule has 5 nitrogen and oxygen atoms in total. The Bertz CT molecular complexity index is 1300. The smallest absolute Gasteiger partial charge is 0.265 e. The molecule has 2 aromatic heterocycles. The van der Waals surface area contributed by atoms with Crippen molar-refractivity contribution in [3.05, 3.63) is 106 Å². The van der Waals surface area contributed by atoms with Gasteiger partial charge in [-0.1, -0.05) is 37.6 Å². The summed E-state index contributed by atoms with van der Waals surface area (Å²) in [5, 5.41) is 3.50. The molecule has 0 aliphatic heterocycles. The zero-order chi connectivity index (χ0) is 22.5. The number of nitrogens with zero attached hydrogens (tertiary/aromatic N) is 2. The van der Waals surface area contributed by atoms with E-state index < -0.39 is 11.5 Å². The molecule has 0 bridgehead atoms. The molecule has 0 fully saturated rings. The lowest BCUT2D eigenvalue weighted by Gasteiger charge is -2.13. The van der Waals surface area contributed by atoms with Crippen LogP contribution in [0.25, 0.3) is 11.0 Å². The van der Waals surface area contributed by atoms with Crippen molar-refractivity contribution in [1.82, 2.24) is 9.55 Å². The molecular formula is C26H24FN3O2. The number of benzene rings is 2. The fourth-order valence-electron chi connectivity index (χ4n) is 3.62. The summed E-state index contributed by atoms with van der Waals surface area (Å²) in [4.78, 5) is 30.6. The quantitative estimate of drug-likeness (QED) is 0.440. The molecule has 0 aliphatic carbocycles. The summed E-state index contributed by atoms with van der Waals surface area (Å²) in [5.41, 5.74) is 2.63. The van der Waals surface area contributed by atoms with E-state index in [2.05, 4.69) is 17.2 Å². The third kappa shape index (κ3) is 4.75. The summed E-state index contributed by atoms with van der Waals surface area (Å²) >= 11 is 0. The summed E-state index contributed by atoms with van der Waals surface area (Å²) in [6.07, 6.45) is 4.84. The van der Waals surface area contributed by atoms with Crippen LogP contribution in [-0.4, -0.2) is 15.5 Å². The maximum absolute atomic E-state index is 13.3. The van der Waals surface area contributed by atoms with E-state index in [1.165, 1.54) is 22.3 Å². The monoisotopic (exact) mass is 429 g/mol. The van der Waals surface area contributed by atoms with Gasteiger partial charge in [0.25, 0.3) is 11.5 Å². The molecule has 0 aliphatic rings. The van der Waals surface area contributed by atoms with Crippen LogP contribution in [0.2, 0.25) is 0 Å². The van der Waals surface area contributed by atoms with Gasteiger partial charge >= 0.3 is 0 Å². The Labute approximate surface area is 185 Å². The average molecular weight is 429 g/mol. The number of halogens is 1. The number of amides is 1. The molecule has 162 valence electrons. The van der Waals surface area contributed by atoms with Crippen LogP contribution in [0.3, 0.4) is 0 Å². The molecule has 0 radical (unpaired) electrons. The third-order valence-electron chi connectivity index (χ3n) is 5.38. The number of nitrogens with one attached hydrogen (secondary N) is 1. The molecule has 0 saturated carbocycles. The second kappa shape index (κ2) is 9.56. The van der Waals surface area contributed by atoms with Crippen molar-refractivity contribution in [1.29, 1.82) is 0 Å². The molecule has 0 saturated heterocycles. The Hall–Kier alpha value is -3.80. The van der Waals surface area contributed by atoms with Crippen LogP contribution in [0.4, 0.5) is 10.1 Å². The highest BCUT2D eigenvalue weighted by Crippen LogP contribution is 2.16. The number of anilines is 1. The Morgan fingerprint density at radius 2 is 1.75 bits per heavy atom. The standard InChI is InChI=1S/C26H24FN3O2/c1-2-3-5-18-9-13-22(14-10-18)29-25(31)23-16-20-6-4-15-28-24(20)30(26(23)32)17-19-7-11-21(27)12-8-19/h4,6-16H,2-3,5,17H2,1H3,(H,29,31). The lowest BCUT2D eigenvalue weighted by molar-refractivity contribution is 0.102. The first-order chi connectivity index (χ1) is 15.5. The summed E-state index contributed by atoms with van der Waals surface area (Å²) in [6.45, 7) is 2.33. The second-order valence-corrected chi connectivity index (χ2v) is 7.75. The number of hydrogen-bond acceptors (Lipinski definition) is 3. The number of aromatic nitrogens is 2. The van der Waals surface area contributed by atoms with Crippen LogP contribution in [0.5, 0.6) is 0 Å². The van der Waals surface area contributed by atoms with Gasteiger partial charge in [0.1, 0.15) is 17.0 Å². The van der Waals surface area contributed by atoms with Gasteiger partial charge in [-0.3, -0.25) is 14.2 Å². The predicted molar refractivity (Wildman–Crippen MR) is 125 cm³/mol. The highest BCUT2D eigenvalue weighted by Gasteiger charge is 2.17. The van der Waals surface area contributed by atoms with Crippen LogP contribution in [-0.2, 0) is 13.0 Å². The average Bonchev–Trinajstić information content (AvgIpc) is 2.81. The minimum Gasteiger partial charge on any atom is -0.322 e. The van der Waals surface area contributed by atoms with E-state index in [4.69, 9.17) is 0 Å². The largest absolute Gasteiger partial charge is 0.322 e. The number of rotatable bonds is 7. The van der Waals surface area contributed by atoms with Gasteiger partial charge in [-0.15, -0.1) is 0 Å². The molecule has 32 heavy (non-hydrogen) atoms. The van der Waals surface area contributed by atoms with E-state index >= 15 is 0 Å². The van der Waals surface area contributed by atoms with E-state index in [1.54, 1.807) is 30.5 Å². The van der Waals surface area contributed by atoms with Crippen LogP contribution in [0, 0.1) is 5.82 Å². The number of carbonyl (C=O) groups is 1. The van der Waals surface area contributed by atoms with E-state index in [0.717, 1.165) is 24.8 Å². The minimum atomic E-state index is -0.477. The first-order valence-corrected chi connectivity index (χ1v) is 10.7. The van der Waals surface area contributed by atoms with E-state index in [9.17, 15) is 14.0 Å². The summed E-state index contributed by atoms with van der Waals surface area (Å²) < 4.78 is 14.7. The fraction of sp³-hybridized carbons (Fsp3) is 0.192. The van der Waals surface area contributed by atoms with Crippen LogP contribution >= 0.6 is 0 Å². The third-order valence-corrected chi connectivity index (χ3v) is 5.38. The van der Waals surface area contributed by atoms with Crippen molar-refractivity contribution in [2.75, 3.05) is 5.32 Å². The van der Waals surface area contributed by atoms with Gasteiger partial charge in [0, 0.05) is 17.3 Å². The highest BCUT2D eigenvalue weighted by molar-refractivity contribution is 6.05. The highest BCUT2D eigenvalue weighted by atomic mass is 19.1. The maximum Gasteiger partial charge on any atom is 0.265 e. The molecule has 0 spiro atoms. The van der Waals surface area contributed by atoms with Gasteiger partial charge in [0.2, 0.25) is 0 Å². The summed E-state index contributed by atoms with van der Waals surface area (Å²) in [7, 11) is 0. The number of aryl methyl sites for hydroxylation is 1. The van der Waals surface area contributed by atoms with E-state index in [-0.39, 0.29) is 17.9 Å². The number of carbonyl (C=O) groups excluding carboxylic acids is 1. The van der Waals surface area contributed by atoms with E-state index in [0.29, 0.717) is 16.7 Å². The first-order valence-electron chi connectivity index (χ1n) is 10.7. The summed E-state index contributed by atoms with van der Waals surface area (Å²) in [6, 6.07) is 18.7. The Kier molecular flexibility index (Phi) is 6.40. The Morgan fingerprint density at radius 1 is 1.03 bits per heavy atom. The first kappa shape index (κ1) is 21.4. The second-order valence-electron chi connectivity index (χ2n) is 7.75. The van der Waals surface area contributed by atoms with Crippen molar-refractivity contribution in [2.45, 2.75) is 32.7 Å². The Balaban J connectivity index is 1.66. The molecule has 1 amide bonds. The molecule has 2 heterocycles.